The Kier molecular flexibility index (Phi) is 6.87. The lowest BCUT2D eigenvalue weighted by atomic mass is 9.85. The van der Waals surface area contributed by atoms with Gasteiger partial charge in [-0.15, -0.1) is 11.6 Å². The molecule has 2 heteroatoms. The second-order valence-electron chi connectivity index (χ2n) is 3.39. The van der Waals surface area contributed by atoms with Gasteiger partial charge in [0.05, 0.1) is 6.61 Å². The highest BCUT2D eigenvalue weighted by molar-refractivity contribution is 6.18. The van der Waals surface area contributed by atoms with Crippen LogP contribution < -0.4 is 0 Å². The van der Waals surface area contributed by atoms with E-state index < -0.39 is 0 Å². The zero-order chi connectivity index (χ0) is 9.45. The van der Waals surface area contributed by atoms with E-state index in [-0.39, 0.29) is 5.41 Å². The van der Waals surface area contributed by atoms with Crippen LogP contribution >= 0.6 is 11.6 Å². The molecule has 0 heterocycles. The van der Waals surface area contributed by atoms with E-state index in [9.17, 15) is 0 Å². The first-order valence-electron chi connectivity index (χ1n) is 4.88. The van der Waals surface area contributed by atoms with Gasteiger partial charge in [-0.05, 0) is 19.3 Å². The van der Waals surface area contributed by atoms with Gasteiger partial charge in [0, 0.05) is 17.9 Å². The lowest BCUT2D eigenvalue weighted by molar-refractivity contribution is 0.0507. The zero-order valence-corrected chi connectivity index (χ0v) is 9.28. The molecule has 1 nitrogen and oxygen atoms in total. The fraction of sp³-hybridized carbons (Fsp3) is 1.00. The largest absolute Gasteiger partial charge is 0.381 e. The molecule has 0 radical (unpaired) electrons. The van der Waals surface area contributed by atoms with Crippen molar-refractivity contribution >= 4 is 11.6 Å². The fourth-order valence-electron chi connectivity index (χ4n) is 1.11. The predicted octanol–water partition coefficient (Wildman–Crippen LogP) is 3.46. The van der Waals surface area contributed by atoms with Gasteiger partial charge in [0.15, 0.2) is 0 Å². The summed E-state index contributed by atoms with van der Waals surface area (Å²) in [5.74, 6) is 0.712. The normalized spacial score (nSPS) is 12.0. The Morgan fingerprint density at radius 2 is 1.75 bits per heavy atom. The van der Waals surface area contributed by atoms with E-state index in [0.29, 0.717) is 5.88 Å². The molecule has 0 atom stereocenters. The van der Waals surface area contributed by atoms with Gasteiger partial charge in [0.25, 0.3) is 0 Å². The Bertz CT molecular complexity index is 91.7. The van der Waals surface area contributed by atoms with Crippen molar-refractivity contribution in [1.29, 1.82) is 0 Å². The van der Waals surface area contributed by atoms with E-state index in [1.54, 1.807) is 0 Å². The first kappa shape index (κ1) is 12.2. The minimum absolute atomic E-state index is 0.219. The molecule has 12 heavy (non-hydrogen) atoms. The Labute approximate surface area is 81.4 Å². The molecular weight excluding hydrogens is 172 g/mol. The smallest absolute Gasteiger partial charge is 0.0533 e. The van der Waals surface area contributed by atoms with Crippen LogP contribution in [0.4, 0.5) is 0 Å². The van der Waals surface area contributed by atoms with E-state index in [0.717, 1.165) is 32.5 Å². The lowest BCUT2D eigenvalue weighted by Gasteiger charge is -2.28. The third kappa shape index (κ3) is 3.77. The number of halogens is 1. The monoisotopic (exact) mass is 192 g/mol. The Balaban J connectivity index is 3.76. The van der Waals surface area contributed by atoms with E-state index in [4.69, 9.17) is 16.3 Å². The molecule has 0 fully saturated rings. The quantitative estimate of drug-likeness (QED) is 0.444. The molecule has 0 aliphatic rings. The molecular formula is C10H21ClO. The molecule has 0 N–H and O–H groups in total. The van der Waals surface area contributed by atoms with Crippen molar-refractivity contribution in [3.63, 3.8) is 0 Å². The van der Waals surface area contributed by atoms with Crippen molar-refractivity contribution in [2.75, 3.05) is 19.1 Å². The van der Waals surface area contributed by atoms with Gasteiger partial charge in [0.2, 0.25) is 0 Å². The summed E-state index contributed by atoms with van der Waals surface area (Å²) in [4.78, 5) is 0. The maximum atomic E-state index is 5.92. The summed E-state index contributed by atoms with van der Waals surface area (Å²) in [6.07, 6.45) is 3.30. The molecule has 0 aromatic heterocycles. The topological polar surface area (TPSA) is 9.23 Å². The molecule has 0 bridgehead atoms. The van der Waals surface area contributed by atoms with Crippen LogP contribution in [-0.4, -0.2) is 19.1 Å². The van der Waals surface area contributed by atoms with E-state index in [1.807, 2.05) is 0 Å². The van der Waals surface area contributed by atoms with Gasteiger partial charge in [-0.1, -0.05) is 20.8 Å². The van der Waals surface area contributed by atoms with Crippen LogP contribution in [0.5, 0.6) is 0 Å². The minimum atomic E-state index is 0.219. The molecule has 0 unspecified atom stereocenters. The summed E-state index contributed by atoms with van der Waals surface area (Å²) in [6.45, 7) is 8.17. The van der Waals surface area contributed by atoms with Gasteiger partial charge in [-0.25, -0.2) is 0 Å². The summed E-state index contributed by atoms with van der Waals surface area (Å²) >= 11 is 5.92. The van der Waals surface area contributed by atoms with Gasteiger partial charge < -0.3 is 4.74 Å². The van der Waals surface area contributed by atoms with Gasteiger partial charge >= 0.3 is 0 Å². The van der Waals surface area contributed by atoms with Gasteiger partial charge in [-0.3, -0.25) is 0 Å². The Hall–Kier alpha value is 0.250. The van der Waals surface area contributed by atoms with Crippen LogP contribution in [0, 0.1) is 5.41 Å². The third-order valence-corrected chi connectivity index (χ3v) is 3.11. The first-order chi connectivity index (χ1) is 5.74. The maximum absolute atomic E-state index is 5.92. The maximum Gasteiger partial charge on any atom is 0.0533 e. The van der Waals surface area contributed by atoms with Crippen molar-refractivity contribution in [1.82, 2.24) is 0 Å². The highest BCUT2D eigenvalue weighted by atomic mass is 35.5. The molecule has 0 aliphatic heterocycles. The van der Waals surface area contributed by atoms with Crippen molar-refractivity contribution < 1.29 is 4.74 Å². The van der Waals surface area contributed by atoms with Crippen LogP contribution in [-0.2, 0) is 4.74 Å². The standard InChI is InChI=1S/C10H21ClO/c1-4-7-12-9-10(5-2,6-3)8-11/h4-9H2,1-3H3. The number of hydrogen-bond acceptors (Lipinski definition) is 1. The molecule has 74 valence electrons. The van der Waals surface area contributed by atoms with Crippen molar-refractivity contribution in [2.24, 2.45) is 5.41 Å². The van der Waals surface area contributed by atoms with Crippen LogP contribution in [0.25, 0.3) is 0 Å². The Morgan fingerprint density at radius 1 is 1.17 bits per heavy atom. The van der Waals surface area contributed by atoms with Crippen LogP contribution in [0.1, 0.15) is 40.0 Å². The second-order valence-corrected chi connectivity index (χ2v) is 3.66. The summed E-state index contributed by atoms with van der Waals surface area (Å²) < 4.78 is 5.54. The summed E-state index contributed by atoms with van der Waals surface area (Å²) in [5, 5.41) is 0. The predicted molar refractivity (Wildman–Crippen MR) is 54.8 cm³/mol. The number of alkyl halides is 1. The highest BCUT2D eigenvalue weighted by Crippen LogP contribution is 2.28. The van der Waals surface area contributed by atoms with Crippen molar-refractivity contribution in [3.05, 3.63) is 0 Å². The van der Waals surface area contributed by atoms with Crippen LogP contribution in [0.15, 0.2) is 0 Å². The Morgan fingerprint density at radius 3 is 2.08 bits per heavy atom. The molecule has 0 aromatic carbocycles. The number of ether oxygens (including phenoxy) is 1. The summed E-state index contributed by atoms with van der Waals surface area (Å²) in [6, 6.07) is 0. The third-order valence-electron chi connectivity index (χ3n) is 2.54. The second kappa shape index (κ2) is 6.73. The molecule has 0 rings (SSSR count). The number of hydrogen-bond donors (Lipinski definition) is 0. The molecule has 0 aliphatic carbocycles. The zero-order valence-electron chi connectivity index (χ0n) is 8.53. The SMILES string of the molecule is CCCOCC(CC)(CC)CCl. The first-order valence-corrected chi connectivity index (χ1v) is 5.41. The molecule has 0 saturated carbocycles. The molecule has 0 amide bonds. The van der Waals surface area contributed by atoms with Gasteiger partial charge in [-0.2, -0.15) is 0 Å². The lowest BCUT2D eigenvalue weighted by Crippen LogP contribution is -2.27. The average molecular weight is 193 g/mol. The van der Waals surface area contributed by atoms with Crippen LogP contribution in [0.2, 0.25) is 0 Å². The average Bonchev–Trinajstić information content (AvgIpc) is 2.14. The van der Waals surface area contributed by atoms with Crippen molar-refractivity contribution in [2.45, 2.75) is 40.0 Å². The van der Waals surface area contributed by atoms with Crippen molar-refractivity contribution in [3.8, 4) is 0 Å². The van der Waals surface area contributed by atoms with E-state index in [2.05, 4.69) is 20.8 Å². The molecule has 0 saturated heterocycles. The van der Waals surface area contributed by atoms with E-state index in [1.165, 1.54) is 0 Å². The fourth-order valence-corrected chi connectivity index (χ4v) is 1.57. The minimum Gasteiger partial charge on any atom is -0.381 e. The number of rotatable bonds is 7. The highest BCUT2D eigenvalue weighted by Gasteiger charge is 2.24. The van der Waals surface area contributed by atoms with Crippen LogP contribution in [0.3, 0.4) is 0 Å². The summed E-state index contributed by atoms with van der Waals surface area (Å²) in [5.41, 5.74) is 0.219. The molecule has 0 aromatic rings. The summed E-state index contributed by atoms with van der Waals surface area (Å²) in [7, 11) is 0. The van der Waals surface area contributed by atoms with Gasteiger partial charge in [0.1, 0.15) is 0 Å². The molecule has 0 spiro atoms. The van der Waals surface area contributed by atoms with E-state index >= 15 is 0 Å².